The first-order valence-corrected chi connectivity index (χ1v) is 9.03. The number of carboxylic acids is 1. The SMILES string of the molecule is CC1CN(C(=O)C2CC(c3ccc(Br)cc3)NN2)CCC1C(=O)O. The molecule has 1 aromatic rings. The van der Waals surface area contributed by atoms with Crippen LogP contribution in [0.5, 0.6) is 0 Å². The first kappa shape index (κ1) is 17.4. The van der Waals surface area contributed by atoms with E-state index in [1.54, 1.807) is 4.90 Å². The first-order valence-electron chi connectivity index (χ1n) is 8.24. The Morgan fingerprint density at radius 2 is 1.96 bits per heavy atom. The van der Waals surface area contributed by atoms with Crippen molar-refractivity contribution in [1.82, 2.24) is 15.8 Å². The van der Waals surface area contributed by atoms with Gasteiger partial charge in [-0.1, -0.05) is 35.0 Å². The predicted octanol–water partition coefficient (Wildman–Crippen LogP) is 1.93. The number of nitrogens with zero attached hydrogens (tertiary/aromatic N) is 1. The van der Waals surface area contributed by atoms with Crippen LogP contribution in [-0.4, -0.2) is 41.0 Å². The summed E-state index contributed by atoms with van der Waals surface area (Å²) < 4.78 is 1.03. The van der Waals surface area contributed by atoms with Gasteiger partial charge < -0.3 is 10.0 Å². The van der Waals surface area contributed by atoms with Crippen molar-refractivity contribution in [3.63, 3.8) is 0 Å². The van der Waals surface area contributed by atoms with Crippen LogP contribution in [-0.2, 0) is 9.59 Å². The molecule has 4 unspecified atom stereocenters. The minimum Gasteiger partial charge on any atom is -0.481 e. The third-order valence-corrected chi connectivity index (χ3v) is 5.54. The number of carboxylic acid groups (broad SMARTS) is 1. The van der Waals surface area contributed by atoms with Crippen LogP contribution in [0.25, 0.3) is 0 Å². The maximum atomic E-state index is 12.7. The Hall–Kier alpha value is -1.44. The number of hydrogen-bond acceptors (Lipinski definition) is 4. The van der Waals surface area contributed by atoms with E-state index >= 15 is 0 Å². The normalized spacial score (nSPS) is 30.3. The second-order valence-electron chi connectivity index (χ2n) is 6.68. The number of piperidine rings is 1. The lowest BCUT2D eigenvalue weighted by Crippen LogP contribution is -2.51. The summed E-state index contributed by atoms with van der Waals surface area (Å²) >= 11 is 3.42. The van der Waals surface area contributed by atoms with Crippen molar-refractivity contribution in [2.45, 2.75) is 31.8 Å². The molecule has 1 aromatic carbocycles. The summed E-state index contributed by atoms with van der Waals surface area (Å²) in [4.78, 5) is 25.7. The molecule has 6 nitrogen and oxygen atoms in total. The summed E-state index contributed by atoms with van der Waals surface area (Å²) in [6.45, 7) is 2.93. The maximum absolute atomic E-state index is 12.7. The minimum absolute atomic E-state index is 0.0168. The van der Waals surface area contributed by atoms with Crippen molar-refractivity contribution in [1.29, 1.82) is 0 Å². The van der Waals surface area contributed by atoms with Crippen molar-refractivity contribution in [2.75, 3.05) is 13.1 Å². The lowest BCUT2D eigenvalue weighted by molar-refractivity contribution is -0.148. The second kappa shape index (κ2) is 7.21. The predicted molar refractivity (Wildman–Crippen MR) is 93.0 cm³/mol. The molecule has 2 aliphatic rings. The molecule has 2 fully saturated rings. The van der Waals surface area contributed by atoms with Crippen LogP contribution >= 0.6 is 15.9 Å². The van der Waals surface area contributed by atoms with Crippen molar-refractivity contribution in [2.24, 2.45) is 11.8 Å². The summed E-state index contributed by atoms with van der Waals surface area (Å²) in [5, 5.41) is 9.20. The van der Waals surface area contributed by atoms with E-state index in [4.69, 9.17) is 0 Å². The van der Waals surface area contributed by atoms with Gasteiger partial charge >= 0.3 is 5.97 Å². The van der Waals surface area contributed by atoms with Crippen LogP contribution < -0.4 is 10.9 Å². The summed E-state index contributed by atoms with van der Waals surface area (Å²) in [5.74, 6) is -1.07. The molecule has 3 N–H and O–H groups in total. The van der Waals surface area contributed by atoms with E-state index < -0.39 is 5.97 Å². The van der Waals surface area contributed by atoms with E-state index in [2.05, 4.69) is 26.8 Å². The van der Waals surface area contributed by atoms with Gasteiger partial charge in [-0.25, -0.2) is 10.9 Å². The van der Waals surface area contributed by atoms with Gasteiger partial charge in [0.1, 0.15) is 6.04 Å². The lowest BCUT2D eigenvalue weighted by Gasteiger charge is -2.36. The van der Waals surface area contributed by atoms with Gasteiger partial charge in [0, 0.05) is 23.6 Å². The zero-order valence-electron chi connectivity index (χ0n) is 13.5. The molecule has 0 radical (unpaired) electrons. The first-order chi connectivity index (χ1) is 11.5. The fourth-order valence-electron chi connectivity index (χ4n) is 3.56. The highest BCUT2D eigenvalue weighted by Crippen LogP contribution is 2.27. The molecule has 0 bridgehead atoms. The minimum atomic E-state index is -0.759. The Morgan fingerprint density at radius 3 is 2.58 bits per heavy atom. The number of amides is 1. The van der Waals surface area contributed by atoms with Crippen LogP contribution in [0.1, 0.15) is 31.4 Å². The lowest BCUT2D eigenvalue weighted by atomic mass is 9.86. The molecule has 0 spiro atoms. The largest absolute Gasteiger partial charge is 0.481 e. The topological polar surface area (TPSA) is 81.7 Å². The maximum Gasteiger partial charge on any atom is 0.306 e. The van der Waals surface area contributed by atoms with Gasteiger partial charge in [-0.15, -0.1) is 0 Å². The van der Waals surface area contributed by atoms with Gasteiger partial charge in [-0.05, 0) is 36.5 Å². The summed E-state index contributed by atoms with van der Waals surface area (Å²) in [6, 6.07) is 7.89. The number of carbonyl (C=O) groups is 2. The molecule has 3 rings (SSSR count). The number of hydrazine groups is 1. The van der Waals surface area contributed by atoms with Crippen molar-refractivity contribution in [3.8, 4) is 0 Å². The molecule has 1 amide bonds. The zero-order chi connectivity index (χ0) is 17.3. The average Bonchev–Trinajstić information content (AvgIpc) is 3.04. The zero-order valence-corrected chi connectivity index (χ0v) is 15.1. The summed E-state index contributed by atoms with van der Waals surface area (Å²) in [7, 11) is 0. The van der Waals surface area contributed by atoms with Gasteiger partial charge in [0.05, 0.1) is 5.92 Å². The van der Waals surface area contributed by atoms with E-state index in [9.17, 15) is 14.7 Å². The number of benzene rings is 1. The van der Waals surface area contributed by atoms with Crippen LogP contribution in [0.15, 0.2) is 28.7 Å². The molecule has 0 aliphatic carbocycles. The highest BCUT2D eigenvalue weighted by atomic mass is 79.9. The molecular formula is C17H22BrN3O3. The molecule has 2 saturated heterocycles. The van der Waals surface area contributed by atoms with Crippen LogP contribution in [0.4, 0.5) is 0 Å². The Bertz CT molecular complexity index is 622. The quantitative estimate of drug-likeness (QED) is 0.728. The molecular weight excluding hydrogens is 374 g/mol. The van der Waals surface area contributed by atoms with Gasteiger partial charge in [0.25, 0.3) is 0 Å². The molecule has 4 atom stereocenters. The molecule has 7 heteroatoms. The van der Waals surface area contributed by atoms with Gasteiger partial charge in [-0.3, -0.25) is 9.59 Å². The number of likely N-dealkylation sites (tertiary alicyclic amines) is 1. The number of rotatable bonds is 3. The summed E-state index contributed by atoms with van der Waals surface area (Å²) in [5.41, 5.74) is 7.43. The smallest absolute Gasteiger partial charge is 0.306 e. The fraction of sp³-hybridized carbons (Fsp3) is 0.529. The Morgan fingerprint density at radius 1 is 1.25 bits per heavy atom. The highest BCUT2D eigenvalue weighted by Gasteiger charge is 2.37. The number of hydrogen-bond donors (Lipinski definition) is 3. The van der Waals surface area contributed by atoms with E-state index in [-0.39, 0.29) is 29.8 Å². The molecule has 130 valence electrons. The summed E-state index contributed by atoms with van der Waals surface area (Å²) in [6.07, 6.45) is 1.21. The molecule has 24 heavy (non-hydrogen) atoms. The van der Waals surface area contributed by atoms with E-state index in [1.807, 2.05) is 31.2 Å². The van der Waals surface area contributed by atoms with E-state index in [1.165, 1.54) is 0 Å². The van der Waals surface area contributed by atoms with Gasteiger partial charge in [0.15, 0.2) is 0 Å². The average molecular weight is 396 g/mol. The number of aliphatic carboxylic acids is 1. The van der Waals surface area contributed by atoms with Gasteiger partial charge in [0.2, 0.25) is 5.91 Å². The molecule has 0 saturated carbocycles. The second-order valence-corrected chi connectivity index (χ2v) is 7.59. The fourth-order valence-corrected chi connectivity index (χ4v) is 3.83. The third-order valence-electron chi connectivity index (χ3n) is 5.01. The standard InChI is InChI=1S/C17H22BrN3O3/c1-10-9-21(7-6-13(10)17(23)24)16(22)15-8-14(19-20-15)11-2-4-12(18)5-3-11/h2-5,10,13-15,19-20H,6-9H2,1H3,(H,23,24). The van der Waals surface area contributed by atoms with Gasteiger partial charge in [-0.2, -0.15) is 0 Å². The molecule has 2 heterocycles. The third kappa shape index (κ3) is 3.63. The van der Waals surface area contributed by atoms with Crippen molar-refractivity contribution >= 4 is 27.8 Å². The van der Waals surface area contributed by atoms with Crippen LogP contribution in [0, 0.1) is 11.8 Å². The van der Waals surface area contributed by atoms with E-state index in [0.29, 0.717) is 25.9 Å². The van der Waals surface area contributed by atoms with Crippen molar-refractivity contribution < 1.29 is 14.7 Å². The highest BCUT2D eigenvalue weighted by molar-refractivity contribution is 9.10. The Kier molecular flexibility index (Phi) is 5.22. The Balaban J connectivity index is 1.59. The molecule has 0 aromatic heterocycles. The molecule has 2 aliphatic heterocycles. The number of carbonyl (C=O) groups excluding carboxylic acids is 1. The van der Waals surface area contributed by atoms with Crippen LogP contribution in [0.2, 0.25) is 0 Å². The Labute approximate surface area is 149 Å². The van der Waals surface area contributed by atoms with Crippen molar-refractivity contribution in [3.05, 3.63) is 34.3 Å². The van der Waals surface area contributed by atoms with Crippen LogP contribution in [0.3, 0.4) is 0 Å². The number of nitrogens with one attached hydrogen (secondary N) is 2. The van der Waals surface area contributed by atoms with E-state index in [0.717, 1.165) is 10.0 Å². The number of halogens is 1. The monoisotopic (exact) mass is 395 g/mol.